The monoisotopic (exact) mass is 431 g/mol. The first-order chi connectivity index (χ1) is 15.4. The van der Waals surface area contributed by atoms with E-state index in [0.29, 0.717) is 22.2 Å². The highest BCUT2D eigenvalue weighted by molar-refractivity contribution is 5.99. The predicted molar refractivity (Wildman–Crippen MR) is 116 cm³/mol. The van der Waals surface area contributed by atoms with E-state index in [-0.39, 0.29) is 22.8 Å². The Morgan fingerprint density at radius 3 is 2.62 bits per heavy atom. The van der Waals surface area contributed by atoms with Crippen LogP contribution in [0, 0.1) is 17.0 Å². The largest absolute Gasteiger partial charge is 0.452 e. The number of carbonyl (C=O) groups excluding carboxylic acids is 2. The molecular weight excluding hydrogens is 414 g/mol. The van der Waals surface area contributed by atoms with Gasteiger partial charge in [0.05, 0.1) is 21.7 Å². The van der Waals surface area contributed by atoms with Crippen molar-refractivity contribution >= 4 is 34.4 Å². The summed E-state index contributed by atoms with van der Waals surface area (Å²) in [6.45, 7) is 1.13. The van der Waals surface area contributed by atoms with E-state index in [4.69, 9.17) is 9.15 Å². The number of nitrogens with one attached hydrogen (secondary N) is 1. The third kappa shape index (κ3) is 4.31. The molecule has 3 aromatic carbocycles. The molecule has 32 heavy (non-hydrogen) atoms. The fourth-order valence-electron chi connectivity index (χ4n) is 3.09. The van der Waals surface area contributed by atoms with Gasteiger partial charge in [0, 0.05) is 12.1 Å². The van der Waals surface area contributed by atoms with E-state index >= 15 is 0 Å². The number of rotatable bonds is 6. The molecule has 160 valence electrons. The van der Waals surface area contributed by atoms with Crippen LogP contribution in [-0.2, 0) is 9.53 Å². The maximum Gasteiger partial charge on any atom is 0.339 e. The Labute approximate surface area is 181 Å². The van der Waals surface area contributed by atoms with Gasteiger partial charge < -0.3 is 14.5 Å². The number of benzene rings is 3. The van der Waals surface area contributed by atoms with Crippen molar-refractivity contribution in [3.63, 3.8) is 0 Å². The number of para-hydroxylation sites is 2. The van der Waals surface area contributed by atoms with Crippen LogP contribution in [0.2, 0.25) is 0 Å². The molecular formula is C23H17N3O6. The SMILES string of the molecule is Cc1ccc([N+](=O)[O-])cc1NC(=O)COC(=O)c1ccccc1-c1nc2ccccc2o1. The summed E-state index contributed by atoms with van der Waals surface area (Å²) in [7, 11) is 0. The number of oxazole rings is 1. The summed E-state index contributed by atoms with van der Waals surface area (Å²) in [5, 5.41) is 13.5. The second-order valence-electron chi connectivity index (χ2n) is 6.91. The number of ether oxygens (including phenoxy) is 1. The highest BCUT2D eigenvalue weighted by Gasteiger charge is 2.19. The minimum absolute atomic E-state index is 0.157. The molecule has 0 spiro atoms. The number of amides is 1. The Morgan fingerprint density at radius 2 is 1.84 bits per heavy atom. The van der Waals surface area contributed by atoms with Crippen LogP contribution in [0.3, 0.4) is 0 Å². The van der Waals surface area contributed by atoms with Gasteiger partial charge in [0.25, 0.3) is 11.6 Å². The number of esters is 1. The highest BCUT2D eigenvalue weighted by Crippen LogP contribution is 2.27. The van der Waals surface area contributed by atoms with E-state index in [1.54, 1.807) is 43.3 Å². The molecule has 4 aromatic rings. The van der Waals surface area contributed by atoms with Gasteiger partial charge in [-0.25, -0.2) is 9.78 Å². The third-order valence-corrected chi connectivity index (χ3v) is 4.71. The molecule has 0 saturated carbocycles. The van der Waals surface area contributed by atoms with Crippen molar-refractivity contribution in [2.45, 2.75) is 6.92 Å². The topological polar surface area (TPSA) is 125 Å². The number of nitro groups is 1. The van der Waals surface area contributed by atoms with Crippen molar-refractivity contribution in [3.05, 3.63) is 88.0 Å². The number of aromatic nitrogens is 1. The van der Waals surface area contributed by atoms with Crippen molar-refractivity contribution in [1.82, 2.24) is 4.98 Å². The molecule has 0 aliphatic carbocycles. The number of hydrogen-bond acceptors (Lipinski definition) is 7. The molecule has 9 nitrogen and oxygen atoms in total. The number of hydrogen-bond donors (Lipinski definition) is 1. The van der Waals surface area contributed by atoms with Crippen LogP contribution in [0.25, 0.3) is 22.6 Å². The molecule has 0 saturated heterocycles. The van der Waals surface area contributed by atoms with Gasteiger partial charge in [0.1, 0.15) is 5.52 Å². The summed E-state index contributed by atoms with van der Waals surface area (Å²) in [5.41, 5.74) is 2.61. The lowest BCUT2D eigenvalue weighted by Crippen LogP contribution is -2.21. The summed E-state index contributed by atoms with van der Waals surface area (Å²) in [6, 6.07) is 17.9. The number of carbonyl (C=O) groups is 2. The number of aryl methyl sites for hydroxylation is 1. The molecule has 0 aliphatic rings. The average Bonchev–Trinajstić information content (AvgIpc) is 3.23. The maximum absolute atomic E-state index is 12.7. The molecule has 0 bridgehead atoms. The first kappa shape index (κ1) is 20.7. The first-order valence-corrected chi connectivity index (χ1v) is 9.59. The summed E-state index contributed by atoms with van der Waals surface area (Å²) >= 11 is 0. The van der Waals surface area contributed by atoms with Crippen molar-refractivity contribution in [1.29, 1.82) is 0 Å². The normalized spacial score (nSPS) is 10.7. The van der Waals surface area contributed by atoms with Crippen LogP contribution in [0.4, 0.5) is 11.4 Å². The molecule has 1 amide bonds. The quantitative estimate of drug-likeness (QED) is 0.271. The first-order valence-electron chi connectivity index (χ1n) is 9.59. The molecule has 0 unspecified atom stereocenters. The second kappa shape index (κ2) is 8.68. The minimum atomic E-state index is -0.728. The molecule has 0 radical (unpaired) electrons. The van der Waals surface area contributed by atoms with Crippen molar-refractivity contribution in [2.24, 2.45) is 0 Å². The molecule has 0 fully saturated rings. The predicted octanol–water partition coefficient (Wildman–Crippen LogP) is 4.51. The number of non-ortho nitro benzene ring substituents is 1. The fourth-order valence-corrected chi connectivity index (χ4v) is 3.09. The molecule has 1 N–H and O–H groups in total. The van der Waals surface area contributed by atoms with E-state index in [0.717, 1.165) is 0 Å². The zero-order chi connectivity index (χ0) is 22.7. The fraction of sp³-hybridized carbons (Fsp3) is 0.0870. The number of nitrogens with zero attached hydrogens (tertiary/aromatic N) is 2. The lowest BCUT2D eigenvalue weighted by molar-refractivity contribution is -0.384. The second-order valence-corrected chi connectivity index (χ2v) is 6.91. The molecule has 9 heteroatoms. The van der Waals surface area contributed by atoms with E-state index in [1.807, 2.05) is 12.1 Å². The Morgan fingerprint density at radius 1 is 1.09 bits per heavy atom. The summed E-state index contributed by atoms with van der Waals surface area (Å²) < 4.78 is 10.9. The van der Waals surface area contributed by atoms with Gasteiger partial charge in [-0.15, -0.1) is 0 Å². The van der Waals surface area contributed by atoms with E-state index in [1.165, 1.54) is 18.2 Å². The third-order valence-electron chi connectivity index (χ3n) is 4.71. The smallest absolute Gasteiger partial charge is 0.339 e. The number of anilines is 1. The lowest BCUT2D eigenvalue weighted by Gasteiger charge is -2.10. The Bertz CT molecular complexity index is 1310. The summed E-state index contributed by atoms with van der Waals surface area (Å²) in [5.74, 6) is -1.09. The molecule has 4 rings (SSSR count). The van der Waals surface area contributed by atoms with Crippen LogP contribution < -0.4 is 5.32 Å². The van der Waals surface area contributed by atoms with Crippen LogP contribution in [0.15, 0.2) is 71.1 Å². The van der Waals surface area contributed by atoms with Gasteiger partial charge in [0.15, 0.2) is 12.2 Å². The number of fused-ring (bicyclic) bond motifs is 1. The van der Waals surface area contributed by atoms with Crippen LogP contribution in [-0.4, -0.2) is 28.4 Å². The van der Waals surface area contributed by atoms with Crippen LogP contribution in [0.1, 0.15) is 15.9 Å². The highest BCUT2D eigenvalue weighted by atomic mass is 16.6. The number of nitro benzene ring substituents is 1. The van der Waals surface area contributed by atoms with Crippen molar-refractivity contribution < 1.29 is 23.7 Å². The van der Waals surface area contributed by atoms with Gasteiger partial charge in [-0.2, -0.15) is 0 Å². The Hall–Kier alpha value is -4.53. The van der Waals surface area contributed by atoms with Gasteiger partial charge in [-0.1, -0.05) is 30.3 Å². The lowest BCUT2D eigenvalue weighted by atomic mass is 10.1. The van der Waals surface area contributed by atoms with Crippen LogP contribution >= 0.6 is 0 Å². The molecule has 0 atom stereocenters. The molecule has 1 aromatic heterocycles. The summed E-state index contributed by atoms with van der Waals surface area (Å²) in [4.78, 5) is 39.7. The van der Waals surface area contributed by atoms with E-state index in [2.05, 4.69) is 10.3 Å². The van der Waals surface area contributed by atoms with E-state index in [9.17, 15) is 19.7 Å². The standard InChI is InChI=1S/C23H17N3O6/c1-14-10-11-15(26(29)30)12-19(14)24-21(27)13-31-23(28)17-7-3-2-6-16(17)22-25-18-8-4-5-9-20(18)32-22/h2-12H,13H2,1H3,(H,24,27). The maximum atomic E-state index is 12.7. The van der Waals surface area contributed by atoms with Crippen molar-refractivity contribution in [2.75, 3.05) is 11.9 Å². The van der Waals surface area contributed by atoms with Gasteiger partial charge in [-0.3, -0.25) is 14.9 Å². The van der Waals surface area contributed by atoms with Gasteiger partial charge >= 0.3 is 5.97 Å². The van der Waals surface area contributed by atoms with Crippen molar-refractivity contribution in [3.8, 4) is 11.5 Å². The average molecular weight is 431 g/mol. The van der Waals surface area contributed by atoms with Gasteiger partial charge in [0.2, 0.25) is 5.89 Å². The van der Waals surface area contributed by atoms with Gasteiger partial charge in [-0.05, 0) is 36.8 Å². The van der Waals surface area contributed by atoms with E-state index < -0.39 is 23.4 Å². The minimum Gasteiger partial charge on any atom is -0.452 e. The zero-order valence-electron chi connectivity index (χ0n) is 16.9. The molecule has 0 aliphatic heterocycles. The zero-order valence-corrected chi connectivity index (χ0v) is 16.9. The molecule has 1 heterocycles. The summed E-state index contributed by atoms with van der Waals surface area (Å²) in [6.07, 6.45) is 0. The Kier molecular flexibility index (Phi) is 5.63. The Balaban J connectivity index is 1.48. The van der Waals surface area contributed by atoms with Crippen LogP contribution in [0.5, 0.6) is 0 Å².